The molecule has 0 saturated carbocycles. The van der Waals surface area contributed by atoms with E-state index in [1.807, 2.05) is 11.3 Å². The SMILES string of the molecule is CCCCCCCCCC(NCC)c1ccc(C)s1. The molecule has 0 spiro atoms. The maximum Gasteiger partial charge on any atom is 0.0414 e. The third-order valence-corrected chi connectivity index (χ3v) is 4.77. The van der Waals surface area contributed by atoms with E-state index in [0.717, 1.165) is 6.54 Å². The first-order valence-corrected chi connectivity index (χ1v) is 8.89. The van der Waals surface area contributed by atoms with Crippen molar-refractivity contribution < 1.29 is 0 Å². The molecule has 110 valence electrons. The zero-order valence-electron chi connectivity index (χ0n) is 13.0. The first-order chi connectivity index (χ1) is 9.27. The molecule has 1 atom stereocenters. The molecule has 0 aliphatic carbocycles. The Bertz CT molecular complexity index is 319. The Hall–Kier alpha value is -0.340. The van der Waals surface area contributed by atoms with Gasteiger partial charge >= 0.3 is 0 Å². The molecule has 0 aliphatic heterocycles. The molecule has 19 heavy (non-hydrogen) atoms. The molecule has 1 aromatic rings. The Morgan fingerprint density at radius 3 is 2.26 bits per heavy atom. The van der Waals surface area contributed by atoms with Gasteiger partial charge in [-0.2, -0.15) is 0 Å². The minimum absolute atomic E-state index is 0.583. The highest BCUT2D eigenvalue weighted by Gasteiger charge is 2.11. The monoisotopic (exact) mass is 281 g/mol. The highest BCUT2D eigenvalue weighted by Crippen LogP contribution is 2.27. The summed E-state index contributed by atoms with van der Waals surface area (Å²) in [6.07, 6.45) is 11.1. The molecule has 1 aromatic heterocycles. The molecule has 0 aliphatic rings. The Labute approximate surface area is 123 Å². The highest BCUT2D eigenvalue weighted by molar-refractivity contribution is 7.12. The van der Waals surface area contributed by atoms with E-state index >= 15 is 0 Å². The molecule has 0 radical (unpaired) electrons. The average Bonchev–Trinajstić information content (AvgIpc) is 2.83. The highest BCUT2D eigenvalue weighted by atomic mass is 32.1. The molecule has 0 bridgehead atoms. The van der Waals surface area contributed by atoms with Gasteiger partial charge in [0.1, 0.15) is 0 Å². The van der Waals surface area contributed by atoms with Crippen LogP contribution < -0.4 is 5.32 Å². The van der Waals surface area contributed by atoms with Crippen molar-refractivity contribution in [2.24, 2.45) is 0 Å². The minimum atomic E-state index is 0.583. The quantitative estimate of drug-likeness (QED) is 0.502. The van der Waals surface area contributed by atoms with Crippen LogP contribution in [0.2, 0.25) is 0 Å². The smallest absolute Gasteiger partial charge is 0.0414 e. The van der Waals surface area contributed by atoms with Crippen LogP contribution in [0, 0.1) is 6.92 Å². The largest absolute Gasteiger partial charge is 0.310 e. The van der Waals surface area contributed by atoms with Crippen molar-refractivity contribution in [1.29, 1.82) is 0 Å². The van der Waals surface area contributed by atoms with E-state index in [2.05, 4.69) is 38.2 Å². The second-order valence-electron chi connectivity index (χ2n) is 5.47. The van der Waals surface area contributed by atoms with Crippen LogP contribution in [0.4, 0.5) is 0 Å². The van der Waals surface area contributed by atoms with Gasteiger partial charge in [0.25, 0.3) is 0 Å². The van der Waals surface area contributed by atoms with Crippen LogP contribution in [-0.2, 0) is 0 Å². The molecule has 1 rings (SSSR count). The first kappa shape index (κ1) is 16.7. The van der Waals surface area contributed by atoms with Gasteiger partial charge in [0.05, 0.1) is 0 Å². The molecule has 1 unspecified atom stereocenters. The van der Waals surface area contributed by atoms with Crippen molar-refractivity contribution in [3.05, 3.63) is 21.9 Å². The molecule has 1 nitrogen and oxygen atoms in total. The fraction of sp³-hybridized carbons (Fsp3) is 0.765. The van der Waals surface area contributed by atoms with Crippen LogP contribution in [0.25, 0.3) is 0 Å². The predicted molar refractivity (Wildman–Crippen MR) is 88.1 cm³/mol. The standard InChI is InChI=1S/C17H31NS/c1-4-6-7-8-9-10-11-12-16(18-5-2)17-14-13-15(3)19-17/h13-14,16,18H,4-12H2,1-3H3. The summed E-state index contributed by atoms with van der Waals surface area (Å²) in [6.45, 7) is 7.76. The molecule has 0 saturated heterocycles. The van der Waals surface area contributed by atoms with E-state index in [4.69, 9.17) is 0 Å². The molecule has 2 heteroatoms. The fourth-order valence-corrected chi connectivity index (χ4v) is 3.52. The summed E-state index contributed by atoms with van der Waals surface area (Å²) < 4.78 is 0. The van der Waals surface area contributed by atoms with Crippen LogP contribution in [0.3, 0.4) is 0 Å². The number of aryl methyl sites for hydroxylation is 1. The fourth-order valence-electron chi connectivity index (χ4n) is 2.54. The normalized spacial score (nSPS) is 12.8. The molecular formula is C17H31NS. The molecular weight excluding hydrogens is 250 g/mol. The second-order valence-corrected chi connectivity index (χ2v) is 6.79. The second kappa shape index (κ2) is 10.4. The van der Waals surface area contributed by atoms with Gasteiger partial charge in [0.2, 0.25) is 0 Å². The summed E-state index contributed by atoms with van der Waals surface area (Å²) in [6, 6.07) is 5.13. The summed E-state index contributed by atoms with van der Waals surface area (Å²) in [5.41, 5.74) is 0. The Balaban J connectivity index is 2.19. The van der Waals surface area contributed by atoms with Crippen molar-refractivity contribution in [1.82, 2.24) is 5.32 Å². The number of unbranched alkanes of at least 4 members (excludes halogenated alkanes) is 6. The molecule has 0 amide bonds. The van der Waals surface area contributed by atoms with Crippen LogP contribution in [0.5, 0.6) is 0 Å². The van der Waals surface area contributed by atoms with Gasteiger partial charge in [-0.15, -0.1) is 11.3 Å². The molecule has 0 aromatic carbocycles. The summed E-state index contributed by atoms with van der Waals surface area (Å²) in [5, 5.41) is 3.63. The zero-order valence-corrected chi connectivity index (χ0v) is 13.8. The van der Waals surface area contributed by atoms with Gasteiger partial charge in [-0.1, -0.05) is 58.8 Å². The van der Waals surface area contributed by atoms with Crippen molar-refractivity contribution in [2.45, 2.75) is 78.2 Å². The number of rotatable bonds is 11. The van der Waals surface area contributed by atoms with Crippen LogP contribution in [0.15, 0.2) is 12.1 Å². The van der Waals surface area contributed by atoms with Gasteiger partial charge in [-0.3, -0.25) is 0 Å². The number of hydrogen-bond acceptors (Lipinski definition) is 2. The molecule has 0 fully saturated rings. The lowest BCUT2D eigenvalue weighted by Gasteiger charge is -2.16. The van der Waals surface area contributed by atoms with E-state index in [-0.39, 0.29) is 0 Å². The lowest BCUT2D eigenvalue weighted by molar-refractivity contribution is 0.481. The maximum absolute atomic E-state index is 3.63. The van der Waals surface area contributed by atoms with Crippen LogP contribution in [-0.4, -0.2) is 6.54 Å². The lowest BCUT2D eigenvalue weighted by atomic mass is 10.0. The van der Waals surface area contributed by atoms with E-state index in [1.165, 1.54) is 61.1 Å². The van der Waals surface area contributed by atoms with Crippen molar-refractivity contribution in [3.63, 3.8) is 0 Å². The van der Waals surface area contributed by atoms with Crippen molar-refractivity contribution >= 4 is 11.3 Å². The third kappa shape index (κ3) is 7.12. The van der Waals surface area contributed by atoms with E-state index in [0.29, 0.717) is 6.04 Å². The first-order valence-electron chi connectivity index (χ1n) is 8.07. The van der Waals surface area contributed by atoms with Gasteiger partial charge in [0.15, 0.2) is 0 Å². The summed E-state index contributed by atoms with van der Waals surface area (Å²) in [4.78, 5) is 2.95. The van der Waals surface area contributed by atoms with Gasteiger partial charge < -0.3 is 5.32 Å². The number of thiophene rings is 1. The Kier molecular flexibility index (Phi) is 9.19. The Morgan fingerprint density at radius 1 is 1.00 bits per heavy atom. The van der Waals surface area contributed by atoms with Crippen LogP contribution in [0.1, 0.15) is 81.0 Å². The van der Waals surface area contributed by atoms with E-state index < -0.39 is 0 Å². The lowest BCUT2D eigenvalue weighted by Crippen LogP contribution is -2.19. The average molecular weight is 282 g/mol. The van der Waals surface area contributed by atoms with E-state index in [9.17, 15) is 0 Å². The van der Waals surface area contributed by atoms with Gasteiger partial charge in [0, 0.05) is 15.8 Å². The molecule has 1 heterocycles. The topological polar surface area (TPSA) is 12.0 Å². The number of nitrogens with one attached hydrogen (secondary N) is 1. The number of hydrogen-bond donors (Lipinski definition) is 1. The Morgan fingerprint density at radius 2 is 1.68 bits per heavy atom. The summed E-state index contributed by atoms with van der Waals surface area (Å²) in [5.74, 6) is 0. The summed E-state index contributed by atoms with van der Waals surface area (Å²) in [7, 11) is 0. The third-order valence-electron chi connectivity index (χ3n) is 3.65. The van der Waals surface area contributed by atoms with Gasteiger partial charge in [-0.25, -0.2) is 0 Å². The zero-order chi connectivity index (χ0) is 13.9. The predicted octanol–water partition coefficient (Wildman–Crippen LogP) is 5.85. The molecule has 1 N–H and O–H groups in total. The van der Waals surface area contributed by atoms with Gasteiger partial charge in [-0.05, 0) is 32.0 Å². The van der Waals surface area contributed by atoms with Crippen molar-refractivity contribution in [2.75, 3.05) is 6.54 Å². The minimum Gasteiger partial charge on any atom is -0.310 e. The van der Waals surface area contributed by atoms with E-state index in [1.54, 1.807) is 0 Å². The van der Waals surface area contributed by atoms with Crippen molar-refractivity contribution in [3.8, 4) is 0 Å². The maximum atomic E-state index is 3.63. The van der Waals surface area contributed by atoms with Crippen LogP contribution >= 0.6 is 11.3 Å². The summed E-state index contributed by atoms with van der Waals surface area (Å²) >= 11 is 1.95.